The van der Waals surface area contributed by atoms with Gasteiger partial charge in [-0.05, 0) is 73.4 Å². The zero-order chi connectivity index (χ0) is 23.5. The van der Waals surface area contributed by atoms with Crippen molar-refractivity contribution < 1.29 is 18.7 Å². The molecule has 5 rings (SSSR count). The molecule has 1 spiro atoms. The molecule has 1 aliphatic carbocycles. The summed E-state index contributed by atoms with van der Waals surface area (Å²) < 4.78 is 18.1. The standard InChI is InChI=1S/C27H31N3O4/c1-32-20-7-5-18(6-8-20)21-16-26(30-29-25(31)10-14-28)33-24-17-23-19(15-22(21)24)9-13-27(34-23)11-3-2-4-12-27/h5-8,15-17H,2-4,9-14,28H2,1H3,(H,29,31)/b30-26-. The van der Waals surface area contributed by atoms with Gasteiger partial charge in [-0.3, -0.25) is 4.79 Å². The molecule has 0 radical (unpaired) electrons. The van der Waals surface area contributed by atoms with Crippen LogP contribution in [0.5, 0.6) is 11.5 Å². The van der Waals surface area contributed by atoms with E-state index in [1.54, 1.807) is 7.11 Å². The molecule has 3 N–H and O–H groups in total. The van der Waals surface area contributed by atoms with Crippen molar-refractivity contribution in [1.82, 2.24) is 5.43 Å². The van der Waals surface area contributed by atoms with Gasteiger partial charge in [0.25, 0.3) is 0 Å². The fourth-order valence-electron chi connectivity index (χ4n) is 5.10. The van der Waals surface area contributed by atoms with E-state index in [2.05, 4.69) is 16.6 Å². The van der Waals surface area contributed by atoms with E-state index >= 15 is 0 Å². The van der Waals surface area contributed by atoms with Gasteiger partial charge in [0.1, 0.15) is 22.7 Å². The van der Waals surface area contributed by atoms with Crippen LogP contribution in [0.4, 0.5) is 0 Å². The zero-order valence-electron chi connectivity index (χ0n) is 19.6. The second-order valence-electron chi connectivity index (χ2n) is 9.21. The number of fused-ring (bicyclic) bond motifs is 2. The number of aryl methyl sites for hydroxylation is 1. The van der Waals surface area contributed by atoms with E-state index in [0.29, 0.717) is 11.1 Å². The predicted molar refractivity (Wildman–Crippen MR) is 130 cm³/mol. The number of carbonyl (C=O) groups excluding carboxylic acids is 1. The Kier molecular flexibility index (Phi) is 6.28. The monoisotopic (exact) mass is 461 g/mol. The van der Waals surface area contributed by atoms with E-state index in [-0.39, 0.29) is 24.5 Å². The number of nitrogens with one attached hydrogen (secondary N) is 1. The average molecular weight is 462 g/mol. The largest absolute Gasteiger partial charge is 0.497 e. The highest BCUT2D eigenvalue weighted by atomic mass is 16.5. The summed E-state index contributed by atoms with van der Waals surface area (Å²) in [5.41, 5.74) is 12.1. The molecule has 1 aliphatic heterocycles. The molecule has 0 bridgehead atoms. The van der Waals surface area contributed by atoms with E-state index in [9.17, 15) is 4.79 Å². The van der Waals surface area contributed by atoms with Crippen molar-refractivity contribution in [2.75, 3.05) is 13.7 Å². The molecule has 0 atom stereocenters. The van der Waals surface area contributed by atoms with Crippen molar-refractivity contribution in [3.8, 4) is 22.6 Å². The number of nitrogens with two attached hydrogens (primary N) is 1. The number of hydrogen-bond acceptors (Lipinski definition) is 6. The fourth-order valence-corrected chi connectivity index (χ4v) is 5.10. The highest BCUT2D eigenvalue weighted by Gasteiger charge is 2.37. The van der Waals surface area contributed by atoms with Gasteiger partial charge in [0.2, 0.25) is 11.5 Å². The molecule has 3 aromatic rings. The zero-order valence-corrected chi connectivity index (χ0v) is 19.6. The van der Waals surface area contributed by atoms with E-state index in [0.717, 1.165) is 53.7 Å². The third-order valence-corrected chi connectivity index (χ3v) is 6.94. The van der Waals surface area contributed by atoms with Gasteiger partial charge < -0.3 is 19.6 Å². The van der Waals surface area contributed by atoms with Crippen LogP contribution in [-0.2, 0) is 11.2 Å². The van der Waals surface area contributed by atoms with Crippen molar-refractivity contribution in [1.29, 1.82) is 0 Å². The van der Waals surface area contributed by atoms with Gasteiger partial charge in [0, 0.05) is 30.5 Å². The molecule has 1 amide bonds. The number of methoxy groups -OCH3 is 1. The maximum Gasteiger partial charge on any atom is 0.241 e. The quantitative estimate of drug-likeness (QED) is 0.548. The molecule has 2 aliphatic rings. The molecule has 34 heavy (non-hydrogen) atoms. The summed E-state index contributed by atoms with van der Waals surface area (Å²) in [7, 11) is 1.65. The Morgan fingerprint density at radius 2 is 1.91 bits per heavy atom. The van der Waals surface area contributed by atoms with Crippen LogP contribution in [-0.4, -0.2) is 25.2 Å². The smallest absolute Gasteiger partial charge is 0.241 e. The molecular weight excluding hydrogens is 430 g/mol. The number of amides is 1. The van der Waals surface area contributed by atoms with Crippen LogP contribution in [0.1, 0.15) is 50.5 Å². The minimum Gasteiger partial charge on any atom is -0.497 e. The molecule has 1 aromatic heterocycles. The number of ether oxygens (including phenoxy) is 2. The Hall–Kier alpha value is -3.32. The summed E-state index contributed by atoms with van der Waals surface area (Å²) in [4.78, 5) is 11.9. The van der Waals surface area contributed by atoms with Crippen molar-refractivity contribution >= 4 is 16.9 Å². The number of benzene rings is 2. The van der Waals surface area contributed by atoms with E-state index in [4.69, 9.17) is 19.6 Å². The van der Waals surface area contributed by atoms with Gasteiger partial charge in [-0.25, -0.2) is 5.43 Å². The van der Waals surface area contributed by atoms with Crippen LogP contribution in [0.2, 0.25) is 0 Å². The summed E-state index contributed by atoms with van der Waals surface area (Å²) in [6.07, 6.45) is 8.21. The first-order chi connectivity index (χ1) is 16.6. The second-order valence-corrected chi connectivity index (χ2v) is 9.21. The summed E-state index contributed by atoms with van der Waals surface area (Å²) >= 11 is 0. The molecule has 2 aromatic carbocycles. The molecule has 0 saturated heterocycles. The van der Waals surface area contributed by atoms with Crippen LogP contribution >= 0.6 is 0 Å². The molecular formula is C27H31N3O4. The van der Waals surface area contributed by atoms with E-state index in [1.807, 2.05) is 36.4 Å². The Morgan fingerprint density at radius 1 is 1.12 bits per heavy atom. The lowest BCUT2D eigenvalue weighted by atomic mass is 9.79. The maximum absolute atomic E-state index is 11.9. The van der Waals surface area contributed by atoms with Crippen molar-refractivity contribution in [2.24, 2.45) is 10.8 Å². The molecule has 178 valence electrons. The van der Waals surface area contributed by atoms with Crippen LogP contribution in [0.15, 0.2) is 52.0 Å². The minimum absolute atomic E-state index is 0.0457. The second kappa shape index (κ2) is 9.50. The summed E-state index contributed by atoms with van der Waals surface area (Å²) in [6, 6.07) is 13.9. The molecule has 2 heterocycles. The van der Waals surface area contributed by atoms with Gasteiger partial charge in [0.15, 0.2) is 0 Å². The van der Waals surface area contributed by atoms with Crippen molar-refractivity contribution in [2.45, 2.75) is 57.0 Å². The van der Waals surface area contributed by atoms with Crippen LogP contribution in [0.3, 0.4) is 0 Å². The SMILES string of the molecule is COc1ccc(-c2c/c(=N/NC(=O)CCN)oc3cc4c(cc23)CCC2(CCCCC2)O4)cc1. The first-order valence-corrected chi connectivity index (χ1v) is 12.1. The Morgan fingerprint density at radius 3 is 2.65 bits per heavy atom. The molecule has 0 unspecified atom stereocenters. The average Bonchev–Trinajstić information content (AvgIpc) is 2.86. The minimum atomic E-state index is -0.253. The van der Waals surface area contributed by atoms with Gasteiger partial charge in [-0.2, -0.15) is 0 Å². The van der Waals surface area contributed by atoms with E-state index in [1.165, 1.54) is 24.8 Å². The number of carbonyl (C=O) groups is 1. The number of hydrogen-bond donors (Lipinski definition) is 2. The molecule has 7 nitrogen and oxygen atoms in total. The maximum atomic E-state index is 11.9. The molecule has 1 fully saturated rings. The van der Waals surface area contributed by atoms with Gasteiger partial charge in [0.05, 0.1) is 7.11 Å². The Balaban J connectivity index is 1.61. The van der Waals surface area contributed by atoms with Gasteiger partial charge in [-0.15, -0.1) is 5.10 Å². The lowest BCUT2D eigenvalue weighted by molar-refractivity contribution is -0.121. The Bertz CT molecular complexity index is 1260. The van der Waals surface area contributed by atoms with Crippen molar-refractivity contribution in [3.63, 3.8) is 0 Å². The third kappa shape index (κ3) is 4.53. The lowest BCUT2D eigenvalue weighted by Gasteiger charge is -2.41. The summed E-state index contributed by atoms with van der Waals surface area (Å²) in [5, 5.41) is 5.19. The summed E-state index contributed by atoms with van der Waals surface area (Å²) in [6.45, 7) is 0.262. The van der Waals surface area contributed by atoms with Crippen LogP contribution in [0, 0.1) is 0 Å². The number of nitrogens with zero attached hydrogens (tertiary/aromatic N) is 1. The highest BCUT2D eigenvalue weighted by Crippen LogP contribution is 2.44. The van der Waals surface area contributed by atoms with Gasteiger partial charge >= 0.3 is 0 Å². The Labute approximate surface area is 198 Å². The first kappa shape index (κ1) is 22.5. The topological polar surface area (TPSA) is 99.1 Å². The first-order valence-electron chi connectivity index (χ1n) is 12.1. The summed E-state index contributed by atoms with van der Waals surface area (Å²) in [5.74, 6) is 1.43. The van der Waals surface area contributed by atoms with E-state index < -0.39 is 0 Å². The lowest BCUT2D eigenvalue weighted by Crippen LogP contribution is -2.41. The fraction of sp³-hybridized carbons (Fsp3) is 0.407. The third-order valence-electron chi connectivity index (χ3n) is 6.94. The van der Waals surface area contributed by atoms with Crippen LogP contribution in [0.25, 0.3) is 22.1 Å². The highest BCUT2D eigenvalue weighted by molar-refractivity contribution is 5.94. The molecule has 7 heteroatoms. The molecule has 1 saturated carbocycles. The predicted octanol–water partition coefficient (Wildman–Crippen LogP) is 4.42. The van der Waals surface area contributed by atoms with Gasteiger partial charge in [-0.1, -0.05) is 18.6 Å². The number of rotatable bonds is 5. The van der Waals surface area contributed by atoms with Crippen LogP contribution < -0.4 is 26.2 Å². The normalized spacial score (nSPS) is 17.3. The van der Waals surface area contributed by atoms with Crippen molar-refractivity contribution in [3.05, 3.63) is 53.6 Å².